The Morgan fingerprint density at radius 1 is 1.03 bits per heavy atom. The average Bonchev–Trinajstić information content (AvgIpc) is 3.43. The molecule has 2 saturated heterocycles. The van der Waals surface area contributed by atoms with Crippen LogP contribution in [0.3, 0.4) is 0 Å². The molecular formula is C30H36O8. The monoisotopic (exact) mass is 524 g/mol. The first-order chi connectivity index (χ1) is 17.6. The molecule has 0 bridgehead atoms. The maximum atomic E-state index is 13.4. The highest BCUT2D eigenvalue weighted by atomic mass is 16.7. The number of ether oxygens (including phenoxy) is 3. The number of carbonyl (C=O) groups is 4. The molecule has 3 aliphatic carbocycles. The summed E-state index contributed by atoms with van der Waals surface area (Å²) in [7, 11) is 0. The quantitative estimate of drug-likeness (QED) is 0.316. The summed E-state index contributed by atoms with van der Waals surface area (Å²) in [6.45, 7) is 13.2. The van der Waals surface area contributed by atoms with E-state index in [9.17, 15) is 19.2 Å². The molecule has 9 atom stereocenters. The van der Waals surface area contributed by atoms with Crippen molar-refractivity contribution in [3.8, 4) is 0 Å². The summed E-state index contributed by atoms with van der Waals surface area (Å²) < 4.78 is 24.2. The fourth-order valence-corrected chi connectivity index (χ4v) is 9.45. The molecule has 0 amide bonds. The molecule has 0 unspecified atom stereocenters. The van der Waals surface area contributed by atoms with Gasteiger partial charge in [-0.3, -0.25) is 14.4 Å². The molecule has 8 heteroatoms. The minimum atomic E-state index is -0.954. The fraction of sp³-hybridized carbons (Fsp3) is 0.667. The van der Waals surface area contributed by atoms with E-state index in [4.69, 9.17) is 18.6 Å². The maximum Gasteiger partial charge on any atom is 0.339 e. The predicted molar refractivity (Wildman–Crippen MR) is 134 cm³/mol. The third-order valence-electron chi connectivity index (χ3n) is 11.3. The molecule has 1 aromatic rings. The minimum Gasteiger partial charge on any atom is -0.462 e. The Kier molecular flexibility index (Phi) is 5.01. The van der Waals surface area contributed by atoms with Gasteiger partial charge in [-0.15, -0.1) is 0 Å². The predicted octanol–water partition coefficient (Wildman–Crippen LogP) is 4.76. The van der Waals surface area contributed by atoms with Crippen molar-refractivity contribution in [1.29, 1.82) is 0 Å². The number of cyclic esters (lactones) is 1. The highest BCUT2D eigenvalue weighted by Gasteiger charge is 2.88. The normalized spacial score (nSPS) is 46.1. The molecule has 8 nitrogen and oxygen atoms in total. The lowest BCUT2D eigenvalue weighted by Crippen LogP contribution is -2.72. The Bertz CT molecular complexity index is 1300. The van der Waals surface area contributed by atoms with Crippen LogP contribution >= 0.6 is 0 Å². The average molecular weight is 525 g/mol. The number of Topliss-reactive ketones (excluding diaryl/α,β-unsaturated/α-hetero) is 1. The van der Waals surface area contributed by atoms with Crippen LogP contribution in [0.15, 0.2) is 28.9 Å². The van der Waals surface area contributed by atoms with Gasteiger partial charge in [0.1, 0.15) is 17.8 Å². The molecule has 0 N–H and O–H groups in total. The first kappa shape index (κ1) is 25.5. The van der Waals surface area contributed by atoms with Gasteiger partial charge in [0, 0.05) is 35.7 Å². The van der Waals surface area contributed by atoms with Gasteiger partial charge in [-0.25, -0.2) is 4.79 Å². The minimum absolute atomic E-state index is 0.0246. The van der Waals surface area contributed by atoms with Crippen LogP contribution in [0.1, 0.15) is 90.0 Å². The van der Waals surface area contributed by atoms with Gasteiger partial charge in [0.05, 0.1) is 6.26 Å². The van der Waals surface area contributed by atoms with Gasteiger partial charge in [-0.2, -0.15) is 0 Å². The number of epoxide rings is 1. The van der Waals surface area contributed by atoms with E-state index in [1.807, 2.05) is 13.8 Å². The summed E-state index contributed by atoms with van der Waals surface area (Å²) in [6.07, 6.45) is 5.16. The SMILES string of the molecule is CC(=O)O[C@@H]1C[C@H]2C(C)(C)C(=O)C=C[C@]2(C)[C@H]2CC[C@@]3(C)[C@H](c4coc(C(C)=O)c4)OC(=O)[C@H]4O[C@]43[C@@]21C. The van der Waals surface area contributed by atoms with E-state index >= 15 is 0 Å². The van der Waals surface area contributed by atoms with Crippen LogP contribution in [0.5, 0.6) is 0 Å². The zero-order valence-corrected chi connectivity index (χ0v) is 23.1. The second-order valence-corrected chi connectivity index (χ2v) is 13.3. The Hall–Kier alpha value is -2.74. The number of hydrogen-bond acceptors (Lipinski definition) is 8. The Morgan fingerprint density at radius 3 is 2.37 bits per heavy atom. The zero-order chi connectivity index (χ0) is 27.6. The fourth-order valence-electron chi connectivity index (χ4n) is 9.45. The molecule has 1 aromatic heterocycles. The molecular weight excluding hydrogens is 488 g/mol. The number of hydrogen-bond donors (Lipinski definition) is 0. The van der Waals surface area contributed by atoms with Crippen LogP contribution in [-0.2, 0) is 28.6 Å². The molecule has 1 spiro atoms. The lowest BCUT2D eigenvalue weighted by Gasteiger charge is -2.68. The largest absolute Gasteiger partial charge is 0.462 e. The van der Waals surface area contributed by atoms with Crippen molar-refractivity contribution in [1.82, 2.24) is 0 Å². The van der Waals surface area contributed by atoms with Gasteiger partial charge in [0.2, 0.25) is 0 Å². The molecule has 2 aliphatic heterocycles. The van der Waals surface area contributed by atoms with Crippen LogP contribution in [0.25, 0.3) is 0 Å². The molecule has 0 radical (unpaired) electrons. The van der Waals surface area contributed by atoms with Crippen LogP contribution < -0.4 is 0 Å². The smallest absolute Gasteiger partial charge is 0.339 e. The van der Waals surface area contributed by atoms with Crippen molar-refractivity contribution >= 4 is 23.5 Å². The summed E-state index contributed by atoms with van der Waals surface area (Å²) in [5.41, 5.74) is -2.74. The molecule has 0 aromatic carbocycles. The van der Waals surface area contributed by atoms with E-state index in [1.165, 1.54) is 20.1 Å². The molecule has 2 saturated carbocycles. The van der Waals surface area contributed by atoms with Gasteiger partial charge >= 0.3 is 11.9 Å². The number of furan rings is 1. The first-order valence-electron chi connectivity index (χ1n) is 13.5. The van der Waals surface area contributed by atoms with E-state index in [1.54, 1.807) is 12.1 Å². The molecule has 3 heterocycles. The van der Waals surface area contributed by atoms with E-state index in [2.05, 4.69) is 26.8 Å². The van der Waals surface area contributed by atoms with Crippen LogP contribution in [0.4, 0.5) is 0 Å². The number of ketones is 2. The van der Waals surface area contributed by atoms with E-state index < -0.39 is 52.1 Å². The van der Waals surface area contributed by atoms with Crippen LogP contribution in [-0.4, -0.2) is 41.3 Å². The lowest BCUT2D eigenvalue weighted by atomic mass is 9.35. The summed E-state index contributed by atoms with van der Waals surface area (Å²) >= 11 is 0. The molecule has 5 aliphatic rings. The van der Waals surface area contributed by atoms with Gasteiger partial charge in [-0.05, 0) is 48.7 Å². The molecule has 4 fully saturated rings. The Morgan fingerprint density at radius 2 is 1.74 bits per heavy atom. The van der Waals surface area contributed by atoms with Crippen LogP contribution in [0.2, 0.25) is 0 Å². The maximum absolute atomic E-state index is 13.4. The number of esters is 2. The standard InChI is InChI=1S/C30H36O8/c1-15(31)18-12-17(14-35-18)23-28(6)11-8-19-27(5)10-9-21(33)26(3,4)20(27)13-22(36-16(2)32)29(19,7)30(28)24(38-30)25(34)37-23/h9-10,12,14,19-20,22-24H,8,11,13H2,1-7H3/t19-,20+,22-,23+,24-,27-,28+,29+,30-/m1/s1. The second-order valence-electron chi connectivity index (χ2n) is 13.3. The van der Waals surface area contributed by atoms with E-state index in [0.717, 1.165) is 6.42 Å². The first-order valence-corrected chi connectivity index (χ1v) is 13.5. The van der Waals surface area contributed by atoms with Crippen molar-refractivity contribution in [3.63, 3.8) is 0 Å². The highest BCUT2D eigenvalue weighted by molar-refractivity contribution is 5.96. The van der Waals surface area contributed by atoms with Crippen LogP contribution in [0, 0.1) is 33.5 Å². The number of rotatable bonds is 3. The zero-order valence-electron chi connectivity index (χ0n) is 23.1. The number of fused-ring (bicyclic) bond motifs is 3. The van der Waals surface area contributed by atoms with E-state index in [-0.39, 0.29) is 34.6 Å². The molecule has 38 heavy (non-hydrogen) atoms. The molecule has 204 valence electrons. The van der Waals surface area contributed by atoms with Gasteiger partial charge < -0.3 is 18.6 Å². The third kappa shape index (κ3) is 2.80. The summed E-state index contributed by atoms with van der Waals surface area (Å²) in [6, 6.07) is 1.65. The Labute approximate surface area is 222 Å². The molecule has 6 rings (SSSR count). The van der Waals surface area contributed by atoms with E-state index in [0.29, 0.717) is 18.4 Å². The topological polar surface area (TPSA) is 112 Å². The third-order valence-corrected chi connectivity index (χ3v) is 11.3. The lowest BCUT2D eigenvalue weighted by molar-refractivity contribution is -0.251. The second kappa shape index (κ2) is 7.46. The highest BCUT2D eigenvalue weighted by Crippen LogP contribution is 2.79. The van der Waals surface area contributed by atoms with Crippen molar-refractivity contribution in [3.05, 3.63) is 35.8 Å². The van der Waals surface area contributed by atoms with Gasteiger partial charge in [0.15, 0.2) is 23.4 Å². The summed E-state index contributed by atoms with van der Waals surface area (Å²) in [4.78, 5) is 50.9. The summed E-state index contributed by atoms with van der Waals surface area (Å²) in [5.74, 6) is -0.856. The van der Waals surface area contributed by atoms with Gasteiger partial charge in [-0.1, -0.05) is 40.7 Å². The van der Waals surface area contributed by atoms with Crippen molar-refractivity contribution in [2.75, 3.05) is 0 Å². The van der Waals surface area contributed by atoms with Crippen molar-refractivity contribution in [2.45, 2.75) is 91.6 Å². The Balaban J connectivity index is 1.53. The van der Waals surface area contributed by atoms with Crippen molar-refractivity contribution in [2.24, 2.45) is 33.5 Å². The number of carbonyl (C=O) groups excluding carboxylic acids is 4. The van der Waals surface area contributed by atoms with Crippen molar-refractivity contribution < 1.29 is 37.8 Å². The number of allylic oxidation sites excluding steroid dienone is 2. The summed E-state index contributed by atoms with van der Waals surface area (Å²) in [5, 5.41) is 0. The van der Waals surface area contributed by atoms with Gasteiger partial charge in [0.25, 0.3) is 0 Å².